The molecule has 3 heterocycles. The number of nitrogens with one attached hydrogen (secondary N) is 1. The summed E-state index contributed by atoms with van der Waals surface area (Å²) in [4.78, 5) is 25.0. The normalized spacial score (nSPS) is 17.6. The highest BCUT2D eigenvalue weighted by Gasteiger charge is 2.40. The Morgan fingerprint density at radius 3 is 2.86 bits per heavy atom. The van der Waals surface area contributed by atoms with Crippen molar-refractivity contribution in [2.75, 3.05) is 19.0 Å². The summed E-state index contributed by atoms with van der Waals surface area (Å²) in [6, 6.07) is 5.53. The van der Waals surface area contributed by atoms with Gasteiger partial charge in [-0.3, -0.25) is 19.7 Å². The second-order valence-corrected chi connectivity index (χ2v) is 6.91. The number of methoxy groups -OCH3 is 1. The smallest absolute Gasteiger partial charge is 0.290 e. The van der Waals surface area contributed by atoms with Gasteiger partial charge in [0.05, 0.1) is 38.3 Å². The van der Waals surface area contributed by atoms with Crippen LogP contribution >= 0.6 is 0 Å². The molecule has 9 heteroatoms. The number of aryl methyl sites for hydroxylation is 1. The highest BCUT2D eigenvalue weighted by molar-refractivity contribution is 5.43. The lowest BCUT2D eigenvalue weighted by Crippen LogP contribution is -2.24. The topological polar surface area (TPSA) is 104 Å². The van der Waals surface area contributed by atoms with Gasteiger partial charge in [0.1, 0.15) is 11.4 Å². The van der Waals surface area contributed by atoms with E-state index in [4.69, 9.17) is 9.47 Å². The molecule has 0 aliphatic heterocycles. The molecule has 9 nitrogen and oxygen atoms in total. The Labute approximate surface area is 167 Å². The van der Waals surface area contributed by atoms with Crippen molar-refractivity contribution in [3.63, 3.8) is 0 Å². The van der Waals surface area contributed by atoms with Gasteiger partial charge in [-0.05, 0) is 18.6 Å². The summed E-state index contributed by atoms with van der Waals surface area (Å²) in [5.74, 6) is 1.91. The molecule has 0 amide bonds. The molecule has 150 valence electrons. The molecule has 2 unspecified atom stereocenters. The molecule has 0 saturated heterocycles. The Morgan fingerprint density at radius 1 is 1.24 bits per heavy atom. The Hall–Kier alpha value is -3.49. The molecule has 4 rings (SSSR count). The van der Waals surface area contributed by atoms with Gasteiger partial charge < -0.3 is 14.8 Å². The van der Waals surface area contributed by atoms with E-state index >= 15 is 0 Å². The quantitative estimate of drug-likeness (QED) is 0.616. The van der Waals surface area contributed by atoms with Crippen LogP contribution in [0.5, 0.6) is 11.6 Å². The molecule has 3 aromatic rings. The number of hydrogen-bond donors (Lipinski definition) is 1. The summed E-state index contributed by atoms with van der Waals surface area (Å²) >= 11 is 0. The van der Waals surface area contributed by atoms with Gasteiger partial charge in [0.2, 0.25) is 5.88 Å². The lowest BCUT2D eigenvalue weighted by molar-refractivity contribution is 0.278. The highest BCUT2D eigenvalue weighted by atomic mass is 16.5. The molecule has 3 aromatic heterocycles. The number of nitrogens with zero attached hydrogens (tertiary/aromatic N) is 5. The van der Waals surface area contributed by atoms with Crippen molar-refractivity contribution in [2.45, 2.75) is 18.9 Å². The van der Waals surface area contributed by atoms with E-state index < -0.39 is 0 Å². The first-order valence-electron chi connectivity index (χ1n) is 9.34. The van der Waals surface area contributed by atoms with E-state index in [2.05, 4.69) is 25.4 Å². The molecule has 0 bridgehead atoms. The maximum atomic E-state index is 12.3. The fraction of sp³-hybridized carbons (Fsp3) is 0.350. The van der Waals surface area contributed by atoms with E-state index in [-0.39, 0.29) is 5.56 Å². The fourth-order valence-electron chi connectivity index (χ4n) is 3.10. The number of ether oxygens (including phenoxy) is 2. The third-order valence-electron chi connectivity index (χ3n) is 4.86. The second-order valence-electron chi connectivity index (χ2n) is 6.91. The minimum Gasteiger partial charge on any atom is -0.495 e. The SMILES string of the molecule is COc1ccc(C2CC2COc2cc(NCc3cnccn3)c(=O)n(C)n2)nc1. The first-order valence-corrected chi connectivity index (χ1v) is 9.34. The first-order chi connectivity index (χ1) is 14.1. The molecule has 1 aliphatic rings. The van der Waals surface area contributed by atoms with Crippen LogP contribution in [-0.4, -0.2) is 38.4 Å². The van der Waals surface area contributed by atoms with E-state index in [0.29, 0.717) is 36.6 Å². The molecule has 0 radical (unpaired) electrons. The van der Waals surface area contributed by atoms with E-state index in [1.165, 1.54) is 4.68 Å². The van der Waals surface area contributed by atoms with Gasteiger partial charge in [-0.25, -0.2) is 4.68 Å². The summed E-state index contributed by atoms with van der Waals surface area (Å²) in [5.41, 5.74) is 1.96. The number of aromatic nitrogens is 5. The van der Waals surface area contributed by atoms with Gasteiger partial charge in [0.15, 0.2) is 0 Å². The molecular weight excluding hydrogens is 372 g/mol. The molecule has 1 aliphatic carbocycles. The van der Waals surface area contributed by atoms with Crippen LogP contribution in [0.3, 0.4) is 0 Å². The van der Waals surface area contributed by atoms with Crippen molar-refractivity contribution in [3.05, 3.63) is 64.7 Å². The molecule has 1 N–H and O–H groups in total. The summed E-state index contributed by atoms with van der Waals surface area (Å²) in [5, 5.41) is 7.27. The lowest BCUT2D eigenvalue weighted by Gasteiger charge is -2.10. The van der Waals surface area contributed by atoms with Crippen LogP contribution in [0.15, 0.2) is 47.8 Å². The summed E-state index contributed by atoms with van der Waals surface area (Å²) in [7, 11) is 3.23. The van der Waals surface area contributed by atoms with Crippen molar-refractivity contribution >= 4 is 5.69 Å². The Morgan fingerprint density at radius 2 is 2.14 bits per heavy atom. The monoisotopic (exact) mass is 394 g/mol. The predicted octanol–water partition coefficient (Wildman–Crippen LogP) is 1.77. The molecule has 1 saturated carbocycles. The largest absolute Gasteiger partial charge is 0.495 e. The van der Waals surface area contributed by atoms with Crippen molar-refractivity contribution in [1.29, 1.82) is 0 Å². The van der Waals surface area contributed by atoms with E-state index in [1.54, 1.807) is 45.0 Å². The Balaban J connectivity index is 1.36. The number of anilines is 1. The predicted molar refractivity (Wildman–Crippen MR) is 106 cm³/mol. The zero-order valence-corrected chi connectivity index (χ0v) is 16.3. The first kappa shape index (κ1) is 18.9. The van der Waals surface area contributed by atoms with Crippen molar-refractivity contribution in [2.24, 2.45) is 13.0 Å². The van der Waals surface area contributed by atoms with Gasteiger partial charge >= 0.3 is 0 Å². The van der Waals surface area contributed by atoms with E-state index in [9.17, 15) is 4.79 Å². The van der Waals surface area contributed by atoms with Crippen LogP contribution in [0.25, 0.3) is 0 Å². The zero-order valence-electron chi connectivity index (χ0n) is 16.3. The minimum atomic E-state index is -0.229. The highest BCUT2D eigenvalue weighted by Crippen LogP contribution is 2.46. The summed E-state index contributed by atoms with van der Waals surface area (Å²) in [6.45, 7) is 0.910. The van der Waals surface area contributed by atoms with Crippen LogP contribution in [0, 0.1) is 5.92 Å². The van der Waals surface area contributed by atoms with Crippen LogP contribution in [-0.2, 0) is 13.6 Å². The Bertz CT molecular complexity index is 1020. The van der Waals surface area contributed by atoms with Gasteiger partial charge in [0.25, 0.3) is 5.56 Å². The standard InChI is InChI=1S/C20H22N6O3/c1-26-20(27)18(23-10-14-9-21-5-6-22-14)8-19(25-26)29-12-13-7-16(13)17-4-3-15(28-2)11-24-17/h3-6,8-9,11,13,16,23H,7,10,12H2,1-2H3. The van der Waals surface area contributed by atoms with Crippen molar-refractivity contribution < 1.29 is 9.47 Å². The minimum absolute atomic E-state index is 0.229. The fourth-order valence-corrected chi connectivity index (χ4v) is 3.10. The van der Waals surface area contributed by atoms with Crippen LogP contribution in [0.2, 0.25) is 0 Å². The Kier molecular flexibility index (Phi) is 5.37. The molecular formula is C20H22N6O3. The van der Waals surface area contributed by atoms with Gasteiger partial charge in [-0.15, -0.1) is 5.10 Å². The van der Waals surface area contributed by atoms with E-state index in [0.717, 1.165) is 23.6 Å². The number of hydrogen-bond acceptors (Lipinski definition) is 8. The zero-order chi connectivity index (χ0) is 20.2. The third kappa shape index (κ3) is 4.50. The van der Waals surface area contributed by atoms with Crippen molar-refractivity contribution in [1.82, 2.24) is 24.7 Å². The molecule has 2 atom stereocenters. The van der Waals surface area contributed by atoms with Gasteiger partial charge in [-0.1, -0.05) is 0 Å². The average molecular weight is 394 g/mol. The lowest BCUT2D eigenvalue weighted by atomic mass is 10.2. The third-order valence-corrected chi connectivity index (χ3v) is 4.86. The number of pyridine rings is 1. The number of rotatable bonds is 8. The van der Waals surface area contributed by atoms with Crippen LogP contribution in [0.1, 0.15) is 23.7 Å². The molecule has 29 heavy (non-hydrogen) atoms. The van der Waals surface area contributed by atoms with E-state index in [1.807, 2.05) is 12.1 Å². The second kappa shape index (κ2) is 8.26. The molecule has 1 fully saturated rings. The van der Waals surface area contributed by atoms with Crippen LogP contribution < -0.4 is 20.3 Å². The molecule has 0 aromatic carbocycles. The summed E-state index contributed by atoms with van der Waals surface area (Å²) in [6.07, 6.45) is 7.61. The average Bonchev–Trinajstić information content (AvgIpc) is 3.54. The maximum Gasteiger partial charge on any atom is 0.290 e. The summed E-state index contributed by atoms with van der Waals surface area (Å²) < 4.78 is 12.3. The van der Waals surface area contributed by atoms with Gasteiger partial charge in [-0.2, -0.15) is 0 Å². The molecule has 0 spiro atoms. The van der Waals surface area contributed by atoms with Gasteiger partial charge in [0, 0.05) is 43.0 Å². The maximum absolute atomic E-state index is 12.3. The van der Waals surface area contributed by atoms with Crippen molar-refractivity contribution in [3.8, 4) is 11.6 Å². The van der Waals surface area contributed by atoms with Crippen LogP contribution in [0.4, 0.5) is 5.69 Å².